The number of carbonyl (C=O) groups is 2. The number of hydrogen-bond acceptors (Lipinski definition) is 6. The van der Waals surface area contributed by atoms with Crippen molar-refractivity contribution in [3.8, 4) is 11.1 Å². The van der Waals surface area contributed by atoms with Gasteiger partial charge in [-0.05, 0) is 36.2 Å². The molecule has 5 N–H and O–H groups in total. The van der Waals surface area contributed by atoms with Crippen molar-refractivity contribution in [1.82, 2.24) is 24.9 Å². The van der Waals surface area contributed by atoms with Gasteiger partial charge in [-0.25, -0.2) is 19.3 Å². The largest absolute Gasteiger partial charge is 0.405 e. The van der Waals surface area contributed by atoms with E-state index in [-0.39, 0.29) is 33.2 Å². The molecule has 37 heavy (non-hydrogen) atoms. The van der Waals surface area contributed by atoms with E-state index in [0.29, 0.717) is 17.8 Å². The van der Waals surface area contributed by atoms with Crippen molar-refractivity contribution >= 4 is 46.4 Å². The third kappa shape index (κ3) is 5.89. The number of anilines is 3. The van der Waals surface area contributed by atoms with Crippen LogP contribution in [0.4, 0.5) is 35.3 Å². The van der Waals surface area contributed by atoms with Crippen molar-refractivity contribution in [2.24, 2.45) is 0 Å². The van der Waals surface area contributed by atoms with Gasteiger partial charge < -0.3 is 16.4 Å². The Morgan fingerprint density at radius 2 is 1.95 bits per heavy atom. The van der Waals surface area contributed by atoms with Crippen LogP contribution < -0.4 is 21.7 Å². The van der Waals surface area contributed by atoms with Gasteiger partial charge >= 0.3 is 12.2 Å². The summed E-state index contributed by atoms with van der Waals surface area (Å²) in [6.07, 6.45) is -1.50. The lowest BCUT2D eigenvalue weighted by atomic mass is 10.0. The molecule has 0 radical (unpaired) electrons. The number of nitrogens with two attached hydrogens (primary N) is 1. The maximum absolute atomic E-state index is 12.7. The average Bonchev–Trinajstić information content (AvgIpc) is 3.24. The van der Waals surface area contributed by atoms with Crippen LogP contribution in [0.25, 0.3) is 16.6 Å². The van der Waals surface area contributed by atoms with Gasteiger partial charge in [0.1, 0.15) is 24.2 Å². The fourth-order valence-corrected chi connectivity index (χ4v) is 3.79. The SMILES string of the molecule is CCc1cccc(NC(=O)Nc2ccc(-c3c(C(=O)NCC(F)(F)F)cn4ncnc(N)c34)cc2Cl)n1. The number of nitrogens with zero attached hydrogens (tertiary/aromatic N) is 4. The van der Waals surface area contributed by atoms with Crippen LogP contribution in [0.3, 0.4) is 0 Å². The van der Waals surface area contributed by atoms with E-state index < -0.39 is 24.7 Å². The first-order valence-electron chi connectivity index (χ1n) is 10.9. The van der Waals surface area contributed by atoms with E-state index in [1.165, 1.54) is 28.9 Å². The molecule has 0 spiro atoms. The number of nitrogens with one attached hydrogen (secondary N) is 3. The second kappa shape index (κ2) is 10.3. The summed E-state index contributed by atoms with van der Waals surface area (Å²) in [7, 11) is 0. The molecule has 10 nitrogen and oxygen atoms in total. The highest BCUT2D eigenvalue weighted by molar-refractivity contribution is 6.34. The lowest BCUT2D eigenvalue weighted by molar-refractivity contribution is -0.123. The molecule has 0 bridgehead atoms. The number of fused-ring (bicyclic) bond motifs is 1. The van der Waals surface area contributed by atoms with Crippen molar-refractivity contribution in [2.45, 2.75) is 19.5 Å². The average molecular weight is 533 g/mol. The number of pyridine rings is 1. The number of rotatable bonds is 6. The number of aromatic nitrogens is 4. The topological polar surface area (TPSA) is 139 Å². The quantitative estimate of drug-likeness (QED) is 0.288. The van der Waals surface area contributed by atoms with Gasteiger partial charge in [0.2, 0.25) is 0 Å². The van der Waals surface area contributed by atoms with Crippen molar-refractivity contribution in [3.63, 3.8) is 0 Å². The van der Waals surface area contributed by atoms with Crippen LogP contribution in [0, 0.1) is 0 Å². The second-order valence-corrected chi connectivity index (χ2v) is 8.20. The predicted molar refractivity (Wildman–Crippen MR) is 132 cm³/mol. The minimum atomic E-state index is -4.60. The Kier molecular flexibility index (Phi) is 7.16. The number of aryl methyl sites for hydroxylation is 1. The predicted octanol–water partition coefficient (Wildman–Crippen LogP) is 4.53. The van der Waals surface area contributed by atoms with Crippen LogP contribution in [-0.2, 0) is 6.42 Å². The number of urea groups is 1. The maximum Gasteiger partial charge on any atom is 0.405 e. The third-order valence-corrected chi connectivity index (χ3v) is 5.53. The van der Waals surface area contributed by atoms with Crippen LogP contribution >= 0.6 is 11.6 Å². The van der Waals surface area contributed by atoms with Crippen molar-refractivity contribution < 1.29 is 22.8 Å². The molecule has 4 aromatic rings. The van der Waals surface area contributed by atoms with Crippen LogP contribution in [0.2, 0.25) is 5.02 Å². The monoisotopic (exact) mass is 532 g/mol. The van der Waals surface area contributed by atoms with Gasteiger partial charge in [0.05, 0.1) is 16.3 Å². The molecule has 3 aromatic heterocycles. The van der Waals surface area contributed by atoms with E-state index in [1.54, 1.807) is 12.1 Å². The summed E-state index contributed by atoms with van der Waals surface area (Å²) in [4.78, 5) is 33.3. The number of halogens is 4. The van der Waals surface area contributed by atoms with Gasteiger partial charge in [0.25, 0.3) is 5.91 Å². The molecular weight excluding hydrogens is 513 g/mol. The third-order valence-electron chi connectivity index (χ3n) is 5.21. The normalized spacial score (nSPS) is 11.4. The molecular formula is C23H20ClF3N8O2. The van der Waals surface area contributed by atoms with E-state index in [4.69, 9.17) is 17.3 Å². The fourth-order valence-electron chi connectivity index (χ4n) is 3.56. The Hall–Kier alpha value is -4.39. The molecule has 0 saturated carbocycles. The summed E-state index contributed by atoms with van der Waals surface area (Å²) in [6, 6.07) is 9.10. The molecule has 1 aromatic carbocycles. The summed E-state index contributed by atoms with van der Waals surface area (Å²) in [5, 5.41) is 11.2. The minimum Gasteiger partial charge on any atom is -0.382 e. The van der Waals surface area contributed by atoms with Crippen LogP contribution in [-0.4, -0.2) is 44.2 Å². The molecule has 192 valence electrons. The van der Waals surface area contributed by atoms with Crippen molar-refractivity contribution in [2.75, 3.05) is 22.9 Å². The smallest absolute Gasteiger partial charge is 0.382 e. The fraction of sp³-hybridized carbons (Fsp3) is 0.174. The van der Waals surface area contributed by atoms with E-state index in [0.717, 1.165) is 12.0 Å². The summed E-state index contributed by atoms with van der Waals surface area (Å²) in [5.41, 5.74) is 7.64. The molecule has 0 saturated heterocycles. The molecule has 0 atom stereocenters. The lowest BCUT2D eigenvalue weighted by Gasteiger charge is -2.12. The molecule has 0 aliphatic rings. The Balaban J connectivity index is 1.64. The zero-order valence-electron chi connectivity index (χ0n) is 19.2. The number of alkyl halides is 3. The van der Waals surface area contributed by atoms with Gasteiger partial charge in [-0.15, -0.1) is 0 Å². The van der Waals surface area contributed by atoms with Crippen molar-refractivity contribution in [3.05, 3.63) is 65.2 Å². The molecule has 0 aliphatic heterocycles. The lowest BCUT2D eigenvalue weighted by Crippen LogP contribution is -2.33. The van der Waals surface area contributed by atoms with Gasteiger partial charge in [-0.1, -0.05) is 30.7 Å². The molecule has 4 rings (SSSR count). The zero-order valence-corrected chi connectivity index (χ0v) is 20.0. The standard InChI is InChI=1S/C23H20ClF3N8O2/c1-2-13-4-3-5-17(32-13)34-22(37)33-16-7-6-12(8-15(16)24)18-14(21(36)29-10-23(25,26)27)9-35-19(18)20(28)30-11-31-35/h3-9,11H,2,10H2,1H3,(H,29,36)(H2,28,30,31)(H2,32,33,34,37). The number of hydrogen-bond donors (Lipinski definition) is 4. The summed E-state index contributed by atoms with van der Waals surface area (Å²) in [6.45, 7) is 0.417. The molecule has 0 aliphatic carbocycles. The molecule has 0 unspecified atom stereocenters. The van der Waals surface area contributed by atoms with Crippen LogP contribution in [0.1, 0.15) is 23.0 Å². The van der Waals surface area contributed by atoms with Crippen molar-refractivity contribution in [1.29, 1.82) is 0 Å². The first kappa shape index (κ1) is 25.7. The Bertz CT molecular complexity index is 1490. The first-order valence-corrected chi connectivity index (χ1v) is 11.2. The number of benzene rings is 1. The van der Waals surface area contributed by atoms with Crippen LogP contribution in [0.15, 0.2) is 48.9 Å². The Morgan fingerprint density at radius 3 is 2.65 bits per heavy atom. The van der Waals surface area contributed by atoms with Crippen LogP contribution in [0.5, 0.6) is 0 Å². The van der Waals surface area contributed by atoms with E-state index in [2.05, 4.69) is 25.7 Å². The number of amides is 3. The number of carbonyl (C=O) groups excluding carboxylic acids is 2. The molecule has 0 fully saturated rings. The van der Waals surface area contributed by atoms with Gasteiger partial charge in [-0.2, -0.15) is 18.3 Å². The number of nitrogen functional groups attached to an aromatic ring is 1. The molecule has 3 amide bonds. The molecule has 14 heteroatoms. The minimum absolute atomic E-state index is 0.000571. The van der Waals surface area contributed by atoms with E-state index >= 15 is 0 Å². The van der Waals surface area contributed by atoms with Gasteiger partial charge in [-0.3, -0.25) is 10.1 Å². The highest BCUT2D eigenvalue weighted by Gasteiger charge is 2.29. The van der Waals surface area contributed by atoms with Gasteiger partial charge in [0, 0.05) is 17.5 Å². The Morgan fingerprint density at radius 1 is 1.16 bits per heavy atom. The summed E-state index contributed by atoms with van der Waals surface area (Å²) < 4.78 is 39.3. The maximum atomic E-state index is 12.7. The summed E-state index contributed by atoms with van der Waals surface area (Å²) >= 11 is 6.41. The Labute approximate surface area is 213 Å². The van der Waals surface area contributed by atoms with E-state index in [9.17, 15) is 22.8 Å². The highest BCUT2D eigenvalue weighted by Crippen LogP contribution is 2.36. The zero-order chi connectivity index (χ0) is 26.7. The first-order chi connectivity index (χ1) is 17.6. The summed E-state index contributed by atoms with van der Waals surface area (Å²) in [5.74, 6) is -0.633. The van der Waals surface area contributed by atoms with E-state index in [1.807, 2.05) is 18.3 Å². The highest BCUT2D eigenvalue weighted by atomic mass is 35.5. The molecule has 3 heterocycles. The second-order valence-electron chi connectivity index (χ2n) is 7.80. The van der Waals surface area contributed by atoms with Gasteiger partial charge in [0.15, 0.2) is 5.82 Å².